The molecule has 3 rings (SSSR count). The highest BCUT2D eigenvalue weighted by Crippen LogP contribution is 2.29. The molecule has 2 aliphatic heterocycles. The number of nitrogens with one attached hydrogen (secondary N) is 1. The lowest BCUT2D eigenvalue weighted by molar-refractivity contribution is -0.148. The van der Waals surface area contributed by atoms with Gasteiger partial charge >= 0.3 is 6.18 Å². The van der Waals surface area contributed by atoms with Gasteiger partial charge in [-0.3, -0.25) is 4.90 Å². The van der Waals surface area contributed by atoms with Crippen molar-refractivity contribution in [2.45, 2.75) is 51.0 Å². The van der Waals surface area contributed by atoms with Crippen LogP contribution in [0.2, 0.25) is 0 Å². The molecule has 1 atom stereocenters. The van der Waals surface area contributed by atoms with E-state index >= 15 is 0 Å². The Bertz CT molecular complexity index is 479. The van der Waals surface area contributed by atoms with Gasteiger partial charge in [0.1, 0.15) is 5.82 Å². The van der Waals surface area contributed by atoms with Crippen LogP contribution in [0.25, 0.3) is 0 Å². The summed E-state index contributed by atoms with van der Waals surface area (Å²) in [5.41, 5.74) is 0. The summed E-state index contributed by atoms with van der Waals surface area (Å²) in [6.07, 6.45) is 0.275. The smallest absolute Gasteiger partial charge is 0.314 e. The number of rotatable bonds is 4. The van der Waals surface area contributed by atoms with E-state index in [-0.39, 0.29) is 0 Å². The Morgan fingerprint density at radius 2 is 2.10 bits per heavy atom. The van der Waals surface area contributed by atoms with Crippen LogP contribution in [0.4, 0.5) is 13.2 Å². The van der Waals surface area contributed by atoms with E-state index in [4.69, 9.17) is 0 Å². The van der Waals surface area contributed by atoms with Gasteiger partial charge in [-0.25, -0.2) is 0 Å². The molecule has 0 saturated carbocycles. The topological polar surface area (TPSA) is 46.0 Å². The molecule has 0 radical (unpaired) electrons. The van der Waals surface area contributed by atoms with E-state index in [0.29, 0.717) is 31.5 Å². The Hall–Kier alpha value is -1.15. The first kappa shape index (κ1) is 14.8. The SMILES string of the molecule is FC(F)(F)c1nnc2n1CCN(CCCC1CCCN1)C2. The fraction of sp³-hybridized carbons (Fsp3) is 0.846. The maximum atomic E-state index is 12.7. The number of hydrogen-bond donors (Lipinski definition) is 1. The Kier molecular flexibility index (Phi) is 4.17. The quantitative estimate of drug-likeness (QED) is 0.918. The summed E-state index contributed by atoms with van der Waals surface area (Å²) in [4.78, 5) is 2.17. The van der Waals surface area contributed by atoms with Gasteiger partial charge in [-0.15, -0.1) is 10.2 Å². The van der Waals surface area contributed by atoms with Crippen LogP contribution in [0.5, 0.6) is 0 Å². The van der Waals surface area contributed by atoms with E-state index in [1.54, 1.807) is 0 Å². The van der Waals surface area contributed by atoms with Crippen molar-refractivity contribution in [1.82, 2.24) is 25.0 Å². The maximum absolute atomic E-state index is 12.7. The summed E-state index contributed by atoms with van der Waals surface area (Å²) in [5, 5.41) is 10.5. The summed E-state index contributed by atoms with van der Waals surface area (Å²) in [5.74, 6) is -0.445. The van der Waals surface area contributed by atoms with Crippen LogP contribution in [0.1, 0.15) is 37.3 Å². The van der Waals surface area contributed by atoms with E-state index < -0.39 is 12.0 Å². The molecular formula is C13H20F3N5. The average Bonchev–Trinajstić information content (AvgIpc) is 3.05. The third kappa shape index (κ3) is 3.37. The van der Waals surface area contributed by atoms with Crippen LogP contribution in [0, 0.1) is 0 Å². The van der Waals surface area contributed by atoms with Gasteiger partial charge in [0, 0.05) is 19.1 Å². The van der Waals surface area contributed by atoms with Gasteiger partial charge in [0.2, 0.25) is 5.82 Å². The minimum absolute atomic E-state index is 0.318. The molecular weight excluding hydrogens is 283 g/mol. The normalized spacial score (nSPS) is 23.5. The Labute approximate surface area is 121 Å². The molecule has 0 spiro atoms. The second-order valence-corrected chi connectivity index (χ2v) is 5.80. The molecule has 1 saturated heterocycles. The van der Waals surface area contributed by atoms with Crippen LogP contribution in [-0.2, 0) is 19.3 Å². The largest absolute Gasteiger partial charge is 0.451 e. The zero-order chi connectivity index (χ0) is 14.9. The van der Waals surface area contributed by atoms with E-state index in [0.717, 1.165) is 25.9 Å². The molecule has 1 aromatic rings. The van der Waals surface area contributed by atoms with E-state index in [1.165, 1.54) is 17.4 Å². The average molecular weight is 303 g/mol. The van der Waals surface area contributed by atoms with Crippen molar-refractivity contribution in [3.63, 3.8) is 0 Å². The van der Waals surface area contributed by atoms with Crippen molar-refractivity contribution in [2.75, 3.05) is 19.6 Å². The highest BCUT2D eigenvalue weighted by Gasteiger charge is 2.39. The first-order chi connectivity index (χ1) is 10.0. The van der Waals surface area contributed by atoms with Crippen molar-refractivity contribution in [1.29, 1.82) is 0 Å². The molecule has 21 heavy (non-hydrogen) atoms. The third-order valence-corrected chi connectivity index (χ3v) is 4.28. The van der Waals surface area contributed by atoms with Gasteiger partial charge in [-0.1, -0.05) is 0 Å². The first-order valence-corrected chi connectivity index (χ1v) is 7.49. The summed E-state index contributed by atoms with van der Waals surface area (Å²) < 4.78 is 39.4. The highest BCUT2D eigenvalue weighted by atomic mass is 19.4. The molecule has 0 bridgehead atoms. The predicted octanol–water partition coefficient (Wildman–Crippen LogP) is 1.64. The lowest BCUT2D eigenvalue weighted by atomic mass is 10.1. The summed E-state index contributed by atoms with van der Waals surface area (Å²) in [6, 6.07) is 0.621. The Morgan fingerprint density at radius 1 is 1.24 bits per heavy atom. The van der Waals surface area contributed by atoms with Crippen LogP contribution in [0.15, 0.2) is 0 Å². The monoisotopic (exact) mass is 303 g/mol. The van der Waals surface area contributed by atoms with Crippen molar-refractivity contribution >= 4 is 0 Å². The van der Waals surface area contributed by atoms with Crippen molar-refractivity contribution < 1.29 is 13.2 Å². The molecule has 5 nitrogen and oxygen atoms in total. The van der Waals surface area contributed by atoms with Crippen molar-refractivity contribution in [2.24, 2.45) is 0 Å². The molecule has 118 valence electrons. The molecule has 0 aromatic carbocycles. The second-order valence-electron chi connectivity index (χ2n) is 5.80. The number of fused-ring (bicyclic) bond motifs is 1. The first-order valence-electron chi connectivity index (χ1n) is 7.49. The molecule has 1 N–H and O–H groups in total. The minimum atomic E-state index is -4.42. The minimum Gasteiger partial charge on any atom is -0.314 e. The maximum Gasteiger partial charge on any atom is 0.451 e. The molecule has 1 aromatic heterocycles. The van der Waals surface area contributed by atoms with Crippen LogP contribution in [0.3, 0.4) is 0 Å². The number of alkyl halides is 3. The van der Waals surface area contributed by atoms with Crippen LogP contribution < -0.4 is 5.32 Å². The summed E-state index contributed by atoms with van der Waals surface area (Å²) >= 11 is 0. The zero-order valence-corrected chi connectivity index (χ0v) is 11.9. The van der Waals surface area contributed by atoms with Crippen LogP contribution >= 0.6 is 0 Å². The fourth-order valence-corrected chi connectivity index (χ4v) is 3.17. The Morgan fingerprint density at radius 3 is 2.81 bits per heavy atom. The van der Waals surface area contributed by atoms with Crippen molar-refractivity contribution in [3.8, 4) is 0 Å². The predicted molar refractivity (Wildman–Crippen MR) is 70.6 cm³/mol. The standard InChI is InChI=1S/C13H20F3N5/c14-13(15,16)12-19-18-11-9-20(7-8-21(11)12)6-2-4-10-3-1-5-17-10/h10,17H,1-9H2. The highest BCUT2D eigenvalue weighted by molar-refractivity contribution is 5.02. The summed E-state index contributed by atoms with van der Waals surface area (Å²) in [6.45, 7) is 3.43. The molecule has 1 fully saturated rings. The van der Waals surface area contributed by atoms with Gasteiger partial charge in [-0.05, 0) is 38.8 Å². The van der Waals surface area contributed by atoms with Gasteiger partial charge in [-0.2, -0.15) is 13.2 Å². The summed E-state index contributed by atoms with van der Waals surface area (Å²) in [7, 11) is 0. The van der Waals surface area contributed by atoms with E-state index in [2.05, 4.69) is 20.4 Å². The molecule has 0 amide bonds. The van der Waals surface area contributed by atoms with Crippen molar-refractivity contribution in [3.05, 3.63) is 11.6 Å². The number of nitrogens with zero attached hydrogens (tertiary/aromatic N) is 4. The molecule has 8 heteroatoms. The lowest BCUT2D eigenvalue weighted by Crippen LogP contribution is -2.36. The fourth-order valence-electron chi connectivity index (χ4n) is 3.17. The lowest BCUT2D eigenvalue weighted by Gasteiger charge is -2.28. The zero-order valence-electron chi connectivity index (χ0n) is 11.9. The molecule has 2 aliphatic rings. The molecule has 1 unspecified atom stereocenters. The third-order valence-electron chi connectivity index (χ3n) is 4.28. The number of hydrogen-bond acceptors (Lipinski definition) is 4. The number of aromatic nitrogens is 3. The van der Waals surface area contributed by atoms with E-state index in [9.17, 15) is 13.2 Å². The van der Waals surface area contributed by atoms with Gasteiger partial charge in [0.05, 0.1) is 6.54 Å². The molecule has 0 aliphatic carbocycles. The second kappa shape index (κ2) is 5.92. The van der Waals surface area contributed by atoms with Gasteiger partial charge in [0.15, 0.2) is 0 Å². The van der Waals surface area contributed by atoms with E-state index in [1.807, 2.05) is 0 Å². The van der Waals surface area contributed by atoms with Gasteiger partial charge in [0.25, 0.3) is 0 Å². The number of halogens is 3. The van der Waals surface area contributed by atoms with Crippen LogP contribution in [-0.4, -0.2) is 45.3 Å². The Balaban J connectivity index is 1.52. The van der Waals surface area contributed by atoms with Gasteiger partial charge < -0.3 is 9.88 Å². The molecule has 3 heterocycles.